The minimum Gasteiger partial charge on any atom is -0.446 e. The van der Waals surface area contributed by atoms with Crippen LogP contribution < -0.4 is 4.72 Å². The molecule has 1 aromatic heterocycles. The molecule has 0 radical (unpaired) electrons. The third kappa shape index (κ3) is 3.97. The average Bonchev–Trinajstić information content (AvgIpc) is 2.92. The van der Waals surface area contributed by atoms with E-state index in [4.69, 9.17) is 4.42 Å². The lowest BCUT2D eigenvalue weighted by atomic mass is 10.1. The van der Waals surface area contributed by atoms with Crippen LogP contribution in [0, 0.1) is 20.8 Å². The smallest absolute Gasteiger partial charge is 0.240 e. The Bertz CT molecular complexity index is 990. The van der Waals surface area contributed by atoms with Crippen molar-refractivity contribution in [1.29, 1.82) is 0 Å². The molecule has 25 heavy (non-hydrogen) atoms. The standard InChI is InChI=1S/C19H20N2O3S/c1-13-5-4-6-16(11-13)12-20-25(22,23)18-9-7-17(8-10-18)19-14(2)24-15(3)21-19/h4-11,20H,12H2,1-3H3. The number of hydrogen-bond acceptors (Lipinski definition) is 4. The highest BCUT2D eigenvalue weighted by molar-refractivity contribution is 7.89. The Morgan fingerprint density at radius 2 is 1.76 bits per heavy atom. The van der Waals surface area contributed by atoms with Crippen LogP contribution in [0.15, 0.2) is 57.8 Å². The molecule has 0 unspecified atom stereocenters. The van der Waals surface area contributed by atoms with Crippen molar-refractivity contribution in [2.24, 2.45) is 0 Å². The van der Waals surface area contributed by atoms with Gasteiger partial charge in [0.1, 0.15) is 11.5 Å². The lowest BCUT2D eigenvalue weighted by Gasteiger charge is -2.08. The van der Waals surface area contributed by atoms with Gasteiger partial charge >= 0.3 is 0 Å². The molecule has 0 amide bonds. The molecule has 1 N–H and O–H groups in total. The lowest BCUT2D eigenvalue weighted by Crippen LogP contribution is -2.23. The van der Waals surface area contributed by atoms with Gasteiger partial charge in [-0.1, -0.05) is 42.0 Å². The van der Waals surface area contributed by atoms with Gasteiger partial charge in [-0.05, 0) is 31.5 Å². The summed E-state index contributed by atoms with van der Waals surface area (Å²) in [5.41, 5.74) is 3.58. The van der Waals surface area contributed by atoms with E-state index < -0.39 is 10.0 Å². The molecule has 0 saturated heterocycles. The van der Waals surface area contributed by atoms with Crippen LogP contribution in [0.2, 0.25) is 0 Å². The highest BCUT2D eigenvalue weighted by Gasteiger charge is 2.15. The van der Waals surface area contributed by atoms with E-state index in [1.54, 1.807) is 31.2 Å². The summed E-state index contributed by atoms with van der Waals surface area (Å²) >= 11 is 0. The highest BCUT2D eigenvalue weighted by atomic mass is 32.2. The fraction of sp³-hybridized carbons (Fsp3) is 0.211. The molecule has 6 heteroatoms. The van der Waals surface area contributed by atoms with E-state index in [9.17, 15) is 8.42 Å². The monoisotopic (exact) mass is 356 g/mol. The number of hydrogen-bond donors (Lipinski definition) is 1. The quantitative estimate of drug-likeness (QED) is 0.756. The Morgan fingerprint density at radius 3 is 2.36 bits per heavy atom. The van der Waals surface area contributed by atoms with Crippen LogP contribution in [-0.4, -0.2) is 13.4 Å². The van der Waals surface area contributed by atoms with Crippen molar-refractivity contribution in [3.8, 4) is 11.3 Å². The number of nitrogens with zero attached hydrogens (tertiary/aromatic N) is 1. The van der Waals surface area contributed by atoms with Crippen LogP contribution in [0.1, 0.15) is 22.8 Å². The summed E-state index contributed by atoms with van der Waals surface area (Å²) in [5.74, 6) is 1.30. The molecule has 3 aromatic rings. The number of rotatable bonds is 5. The van der Waals surface area contributed by atoms with Gasteiger partial charge in [0.15, 0.2) is 5.89 Å². The van der Waals surface area contributed by atoms with Crippen LogP contribution in [0.4, 0.5) is 0 Å². The van der Waals surface area contributed by atoms with E-state index in [1.807, 2.05) is 38.1 Å². The Kier molecular flexibility index (Phi) is 4.74. The van der Waals surface area contributed by atoms with Gasteiger partial charge in [-0.2, -0.15) is 0 Å². The molecule has 0 aliphatic rings. The zero-order valence-electron chi connectivity index (χ0n) is 14.4. The normalized spacial score (nSPS) is 11.6. The Morgan fingerprint density at radius 1 is 1.04 bits per heavy atom. The van der Waals surface area contributed by atoms with Gasteiger partial charge < -0.3 is 4.42 Å². The molecule has 3 rings (SSSR count). The lowest BCUT2D eigenvalue weighted by molar-refractivity contribution is 0.495. The molecule has 5 nitrogen and oxygen atoms in total. The first-order chi connectivity index (χ1) is 11.8. The topological polar surface area (TPSA) is 72.2 Å². The molecule has 0 spiro atoms. The molecule has 2 aromatic carbocycles. The van der Waals surface area contributed by atoms with Crippen LogP contribution in [0.25, 0.3) is 11.3 Å². The fourth-order valence-corrected chi connectivity index (χ4v) is 3.69. The molecule has 0 saturated carbocycles. The summed E-state index contributed by atoms with van der Waals surface area (Å²) in [5, 5.41) is 0. The predicted molar refractivity (Wildman–Crippen MR) is 96.6 cm³/mol. The summed E-state index contributed by atoms with van der Waals surface area (Å²) in [6, 6.07) is 14.4. The van der Waals surface area contributed by atoms with Crippen molar-refractivity contribution in [2.75, 3.05) is 0 Å². The molecule has 1 heterocycles. The maximum atomic E-state index is 12.5. The van der Waals surface area contributed by atoms with Crippen LogP contribution >= 0.6 is 0 Å². The van der Waals surface area contributed by atoms with Crippen molar-refractivity contribution in [3.05, 3.63) is 71.3 Å². The van der Waals surface area contributed by atoms with E-state index in [-0.39, 0.29) is 11.4 Å². The van der Waals surface area contributed by atoms with Crippen LogP contribution in [-0.2, 0) is 16.6 Å². The van der Waals surface area contributed by atoms with Crippen molar-refractivity contribution < 1.29 is 12.8 Å². The fourth-order valence-electron chi connectivity index (χ4n) is 2.67. The number of aryl methyl sites for hydroxylation is 3. The molecule has 130 valence electrons. The molecular formula is C19H20N2O3S. The van der Waals surface area contributed by atoms with Crippen LogP contribution in [0.5, 0.6) is 0 Å². The first-order valence-corrected chi connectivity index (χ1v) is 9.43. The Labute approximate surface area is 147 Å². The molecular weight excluding hydrogens is 336 g/mol. The van der Waals surface area contributed by atoms with Crippen molar-refractivity contribution in [1.82, 2.24) is 9.71 Å². The minimum atomic E-state index is -3.57. The van der Waals surface area contributed by atoms with Gasteiger partial charge in [0.05, 0.1) is 4.90 Å². The molecule has 0 bridgehead atoms. The van der Waals surface area contributed by atoms with Gasteiger partial charge in [0, 0.05) is 19.0 Å². The van der Waals surface area contributed by atoms with Gasteiger partial charge in [0.2, 0.25) is 10.0 Å². The average molecular weight is 356 g/mol. The largest absolute Gasteiger partial charge is 0.446 e. The number of sulfonamides is 1. The molecule has 0 fully saturated rings. The summed E-state index contributed by atoms with van der Waals surface area (Å²) in [6.45, 7) is 5.85. The molecule has 0 aliphatic heterocycles. The number of oxazole rings is 1. The van der Waals surface area contributed by atoms with E-state index in [0.717, 1.165) is 22.4 Å². The predicted octanol–water partition coefficient (Wildman–Crippen LogP) is 3.75. The summed E-state index contributed by atoms with van der Waals surface area (Å²) in [7, 11) is -3.57. The van der Waals surface area contributed by atoms with Crippen molar-refractivity contribution in [3.63, 3.8) is 0 Å². The number of aromatic nitrogens is 1. The maximum absolute atomic E-state index is 12.5. The molecule has 0 aliphatic carbocycles. The second-order valence-corrected chi connectivity index (χ2v) is 7.74. The van der Waals surface area contributed by atoms with Crippen molar-refractivity contribution in [2.45, 2.75) is 32.2 Å². The first kappa shape index (κ1) is 17.4. The van der Waals surface area contributed by atoms with Gasteiger partial charge in [-0.25, -0.2) is 18.1 Å². The van der Waals surface area contributed by atoms with E-state index in [0.29, 0.717) is 11.7 Å². The van der Waals surface area contributed by atoms with E-state index in [1.165, 1.54) is 0 Å². The molecule has 0 atom stereocenters. The Hall–Kier alpha value is -2.44. The third-order valence-corrected chi connectivity index (χ3v) is 5.31. The van der Waals surface area contributed by atoms with Gasteiger partial charge in [-0.15, -0.1) is 0 Å². The zero-order valence-corrected chi connectivity index (χ0v) is 15.2. The summed E-state index contributed by atoms with van der Waals surface area (Å²) < 4.78 is 33.0. The Balaban J connectivity index is 1.77. The second kappa shape index (κ2) is 6.82. The first-order valence-electron chi connectivity index (χ1n) is 7.95. The SMILES string of the molecule is Cc1cccc(CNS(=O)(=O)c2ccc(-c3nc(C)oc3C)cc2)c1. The highest BCUT2D eigenvalue weighted by Crippen LogP contribution is 2.24. The van der Waals surface area contributed by atoms with Gasteiger partial charge in [-0.3, -0.25) is 0 Å². The van der Waals surface area contributed by atoms with Crippen LogP contribution in [0.3, 0.4) is 0 Å². The maximum Gasteiger partial charge on any atom is 0.240 e. The number of benzene rings is 2. The number of nitrogens with one attached hydrogen (secondary N) is 1. The minimum absolute atomic E-state index is 0.224. The van der Waals surface area contributed by atoms with Gasteiger partial charge in [0.25, 0.3) is 0 Å². The van der Waals surface area contributed by atoms with E-state index >= 15 is 0 Å². The summed E-state index contributed by atoms with van der Waals surface area (Å²) in [6.07, 6.45) is 0. The van der Waals surface area contributed by atoms with E-state index in [2.05, 4.69) is 9.71 Å². The zero-order chi connectivity index (χ0) is 18.0. The van der Waals surface area contributed by atoms with Crippen molar-refractivity contribution >= 4 is 10.0 Å². The second-order valence-electron chi connectivity index (χ2n) is 5.98. The third-order valence-electron chi connectivity index (χ3n) is 3.89. The summed E-state index contributed by atoms with van der Waals surface area (Å²) in [4.78, 5) is 4.55.